The molecule has 1 aromatic carbocycles. The predicted octanol–water partition coefficient (Wildman–Crippen LogP) is 3.09. The fraction of sp³-hybridized carbons (Fsp3) is 0.471. The van der Waals surface area contributed by atoms with Crippen LogP contribution in [0.15, 0.2) is 34.7 Å². The van der Waals surface area contributed by atoms with Crippen molar-refractivity contribution in [2.75, 3.05) is 7.05 Å². The van der Waals surface area contributed by atoms with E-state index in [2.05, 4.69) is 0 Å². The number of fused-ring (bicyclic) bond motifs is 1. The van der Waals surface area contributed by atoms with Crippen LogP contribution in [0.25, 0.3) is 11.0 Å². The molecule has 1 N–H and O–H groups in total. The monoisotopic (exact) mass is 287 g/mol. The van der Waals surface area contributed by atoms with Gasteiger partial charge in [0, 0.05) is 12.4 Å². The molecule has 2 aromatic rings. The van der Waals surface area contributed by atoms with Crippen LogP contribution in [0.3, 0.4) is 0 Å². The van der Waals surface area contributed by atoms with Gasteiger partial charge in [-0.15, -0.1) is 0 Å². The Morgan fingerprint density at radius 3 is 2.76 bits per heavy atom. The minimum absolute atomic E-state index is 0.0279. The molecule has 1 fully saturated rings. The first kappa shape index (κ1) is 14.1. The normalized spacial score (nSPS) is 17.2. The van der Waals surface area contributed by atoms with Crippen molar-refractivity contribution in [1.82, 2.24) is 4.90 Å². The molecule has 4 nitrogen and oxygen atoms in total. The van der Waals surface area contributed by atoms with E-state index in [1.165, 1.54) is 0 Å². The number of amides is 1. The molecule has 1 amide bonds. The van der Waals surface area contributed by atoms with Crippen LogP contribution in [0.1, 0.15) is 37.9 Å². The largest absolute Gasteiger partial charge is 0.459 e. The summed E-state index contributed by atoms with van der Waals surface area (Å²) in [7, 11) is 1.76. The number of aliphatic hydroxyl groups is 1. The van der Waals surface area contributed by atoms with Gasteiger partial charge in [0.2, 0.25) is 5.91 Å². The average molecular weight is 287 g/mol. The summed E-state index contributed by atoms with van der Waals surface area (Å²) in [6.45, 7) is 0.434. The number of benzene rings is 1. The molecule has 3 rings (SSSR count). The van der Waals surface area contributed by atoms with Gasteiger partial charge < -0.3 is 14.4 Å². The Hall–Kier alpha value is -1.81. The van der Waals surface area contributed by atoms with Crippen LogP contribution in [0.4, 0.5) is 0 Å². The summed E-state index contributed by atoms with van der Waals surface area (Å²) < 4.78 is 5.73. The standard InChI is InChI=1S/C17H21NO3/c1-18(16(19)11-17(20)8-4-5-9-17)12-14-10-13-6-2-3-7-15(13)21-14/h2-3,6-7,10,20H,4-5,8-9,11-12H2,1H3. The molecular formula is C17H21NO3. The van der Waals surface area contributed by atoms with Crippen LogP contribution in [0, 0.1) is 0 Å². The zero-order valence-electron chi connectivity index (χ0n) is 12.3. The third-order valence-corrected chi connectivity index (χ3v) is 4.31. The highest BCUT2D eigenvalue weighted by Gasteiger charge is 2.34. The fourth-order valence-electron chi connectivity index (χ4n) is 3.06. The number of rotatable bonds is 4. The van der Waals surface area contributed by atoms with E-state index >= 15 is 0 Å². The molecule has 0 atom stereocenters. The summed E-state index contributed by atoms with van der Waals surface area (Å²) in [5.74, 6) is 0.741. The minimum atomic E-state index is -0.792. The van der Waals surface area contributed by atoms with Gasteiger partial charge >= 0.3 is 0 Å². The van der Waals surface area contributed by atoms with E-state index in [4.69, 9.17) is 4.42 Å². The lowest BCUT2D eigenvalue weighted by Gasteiger charge is -2.24. The lowest BCUT2D eigenvalue weighted by atomic mass is 9.97. The van der Waals surface area contributed by atoms with Gasteiger partial charge in [0.1, 0.15) is 11.3 Å². The van der Waals surface area contributed by atoms with Crippen LogP contribution in [0.5, 0.6) is 0 Å². The van der Waals surface area contributed by atoms with Crippen LogP contribution in [-0.2, 0) is 11.3 Å². The van der Waals surface area contributed by atoms with Crippen LogP contribution in [0.2, 0.25) is 0 Å². The molecule has 0 aliphatic heterocycles. The smallest absolute Gasteiger partial charge is 0.225 e. The topological polar surface area (TPSA) is 53.7 Å². The van der Waals surface area contributed by atoms with E-state index in [1.54, 1.807) is 11.9 Å². The van der Waals surface area contributed by atoms with Crippen molar-refractivity contribution in [2.24, 2.45) is 0 Å². The van der Waals surface area contributed by atoms with Gasteiger partial charge in [0.05, 0.1) is 18.6 Å². The molecule has 0 spiro atoms. The molecule has 21 heavy (non-hydrogen) atoms. The number of carbonyl (C=O) groups is 1. The van der Waals surface area contributed by atoms with E-state index in [9.17, 15) is 9.90 Å². The summed E-state index contributed by atoms with van der Waals surface area (Å²) >= 11 is 0. The SMILES string of the molecule is CN(Cc1cc2ccccc2o1)C(=O)CC1(O)CCCC1. The first-order valence-corrected chi connectivity index (χ1v) is 7.50. The minimum Gasteiger partial charge on any atom is -0.459 e. The molecule has 1 heterocycles. The van der Waals surface area contributed by atoms with Crippen molar-refractivity contribution in [3.63, 3.8) is 0 Å². The Morgan fingerprint density at radius 1 is 1.33 bits per heavy atom. The maximum Gasteiger partial charge on any atom is 0.225 e. The molecule has 4 heteroatoms. The molecule has 0 saturated heterocycles. The quantitative estimate of drug-likeness (QED) is 0.940. The van der Waals surface area contributed by atoms with E-state index in [1.807, 2.05) is 30.3 Å². The van der Waals surface area contributed by atoms with Crippen LogP contribution >= 0.6 is 0 Å². The van der Waals surface area contributed by atoms with Crippen molar-refractivity contribution < 1.29 is 14.3 Å². The van der Waals surface area contributed by atoms with Gasteiger partial charge in [-0.05, 0) is 25.0 Å². The Balaban J connectivity index is 1.65. The molecule has 1 saturated carbocycles. The second-order valence-electron chi connectivity index (χ2n) is 6.11. The fourth-order valence-corrected chi connectivity index (χ4v) is 3.06. The van der Waals surface area contributed by atoms with E-state index in [0.29, 0.717) is 6.54 Å². The van der Waals surface area contributed by atoms with Crippen molar-refractivity contribution in [3.05, 3.63) is 36.1 Å². The lowest BCUT2D eigenvalue weighted by Crippen LogP contribution is -2.35. The van der Waals surface area contributed by atoms with Crippen molar-refractivity contribution >= 4 is 16.9 Å². The summed E-state index contributed by atoms with van der Waals surface area (Å²) in [6.07, 6.45) is 3.70. The van der Waals surface area contributed by atoms with E-state index in [0.717, 1.165) is 42.4 Å². The van der Waals surface area contributed by atoms with Gasteiger partial charge in [-0.3, -0.25) is 4.79 Å². The van der Waals surface area contributed by atoms with Gasteiger partial charge in [-0.2, -0.15) is 0 Å². The number of hydrogen-bond acceptors (Lipinski definition) is 3. The van der Waals surface area contributed by atoms with Gasteiger partial charge in [-0.1, -0.05) is 31.0 Å². The van der Waals surface area contributed by atoms with Crippen molar-refractivity contribution in [3.8, 4) is 0 Å². The highest BCUT2D eigenvalue weighted by atomic mass is 16.3. The maximum atomic E-state index is 12.2. The first-order chi connectivity index (χ1) is 10.1. The molecule has 1 aliphatic carbocycles. The molecule has 0 radical (unpaired) electrons. The predicted molar refractivity (Wildman–Crippen MR) is 80.7 cm³/mol. The number of carbonyl (C=O) groups excluding carboxylic acids is 1. The highest BCUT2D eigenvalue weighted by molar-refractivity contribution is 5.79. The number of nitrogens with zero attached hydrogens (tertiary/aromatic N) is 1. The Labute approximate surface area is 124 Å². The summed E-state index contributed by atoms with van der Waals surface area (Å²) in [5.41, 5.74) is 0.0435. The third-order valence-electron chi connectivity index (χ3n) is 4.31. The number of hydrogen-bond donors (Lipinski definition) is 1. The van der Waals surface area contributed by atoms with E-state index in [-0.39, 0.29) is 12.3 Å². The van der Waals surface area contributed by atoms with Crippen LogP contribution in [-0.4, -0.2) is 28.6 Å². The maximum absolute atomic E-state index is 12.2. The highest BCUT2D eigenvalue weighted by Crippen LogP contribution is 2.32. The Kier molecular flexibility index (Phi) is 3.72. The summed E-state index contributed by atoms with van der Waals surface area (Å²) in [4.78, 5) is 13.9. The number of para-hydroxylation sites is 1. The Morgan fingerprint density at radius 2 is 2.05 bits per heavy atom. The molecule has 1 aromatic heterocycles. The molecule has 112 valence electrons. The molecule has 0 bridgehead atoms. The third kappa shape index (κ3) is 3.10. The lowest BCUT2D eigenvalue weighted by molar-refractivity contribution is -0.135. The zero-order valence-corrected chi connectivity index (χ0v) is 12.3. The zero-order chi connectivity index (χ0) is 14.9. The van der Waals surface area contributed by atoms with Crippen LogP contribution < -0.4 is 0 Å². The first-order valence-electron chi connectivity index (χ1n) is 7.50. The summed E-state index contributed by atoms with van der Waals surface area (Å²) in [6, 6.07) is 9.77. The molecule has 0 unspecified atom stereocenters. The van der Waals surface area contributed by atoms with Gasteiger partial charge in [-0.25, -0.2) is 0 Å². The summed E-state index contributed by atoms with van der Waals surface area (Å²) in [5, 5.41) is 11.4. The van der Waals surface area contributed by atoms with Gasteiger partial charge in [0.15, 0.2) is 0 Å². The van der Waals surface area contributed by atoms with Crippen molar-refractivity contribution in [2.45, 2.75) is 44.2 Å². The second kappa shape index (κ2) is 5.53. The number of furan rings is 1. The average Bonchev–Trinajstić information content (AvgIpc) is 3.04. The van der Waals surface area contributed by atoms with Gasteiger partial charge in [0.25, 0.3) is 0 Å². The van der Waals surface area contributed by atoms with Crippen molar-refractivity contribution in [1.29, 1.82) is 0 Å². The molecule has 1 aliphatic rings. The Bertz CT molecular complexity index is 607. The second-order valence-corrected chi connectivity index (χ2v) is 6.11. The van der Waals surface area contributed by atoms with E-state index < -0.39 is 5.60 Å². The molecular weight excluding hydrogens is 266 g/mol.